The molecule has 1 saturated carbocycles. The van der Waals surface area contributed by atoms with E-state index in [-0.39, 0.29) is 17.6 Å². The van der Waals surface area contributed by atoms with Gasteiger partial charge in [-0.05, 0) is 32.6 Å². The molecule has 1 aliphatic rings. The molecule has 0 spiro atoms. The fourth-order valence-corrected chi connectivity index (χ4v) is 2.07. The summed E-state index contributed by atoms with van der Waals surface area (Å²) in [7, 11) is 0. The van der Waals surface area contributed by atoms with E-state index >= 15 is 0 Å². The van der Waals surface area contributed by atoms with Crippen LogP contribution in [0.3, 0.4) is 0 Å². The lowest BCUT2D eigenvalue weighted by atomic mass is 9.97. The summed E-state index contributed by atoms with van der Waals surface area (Å²) in [6.45, 7) is 1.77. The number of hydrogen-bond acceptors (Lipinski definition) is 3. The van der Waals surface area contributed by atoms with Gasteiger partial charge >= 0.3 is 0 Å². The summed E-state index contributed by atoms with van der Waals surface area (Å²) in [5, 5.41) is 18.9. The summed E-state index contributed by atoms with van der Waals surface area (Å²) >= 11 is 0. The maximum absolute atomic E-state index is 9.55. The fraction of sp³-hybridized carbons (Fsp3) is 0.538. The Kier molecular flexibility index (Phi) is 3.22. The van der Waals surface area contributed by atoms with Crippen molar-refractivity contribution in [2.24, 2.45) is 0 Å². The van der Waals surface area contributed by atoms with Gasteiger partial charge in [-0.1, -0.05) is 6.42 Å². The third-order valence-corrected chi connectivity index (χ3v) is 3.08. The van der Waals surface area contributed by atoms with Crippen LogP contribution in [0, 0.1) is 13.0 Å². The van der Waals surface area contributed by atoms with Crippen LogP contribution in [0.2, 0.25) is 0 Å². The summed E-state index contributed by atoms with van der Waals surface area (Å²) in [4.78, 5) is 0. The predicted molar refractivity (Wildman–Crippen MR) is 60.8 cm³/mol. The molecule has 16 heavy (non-hydrogen) atoms. The van der Waals surface area contributed by atoms with Gasteiger partial charge in [0.1, 0.15) is 17.2 Å². The molecule has 0 aromatic heterocycles. The molecule has 0 aliphatic heterocycles. The number of hydrogen-bond donors (Lipinski definition) is 2. The van der Waals surface area contributed by atoms with Gasteiger partial charge in [-0.2, -0.15) is 0 Å². The van der Waals surface area contributed by atoms with E-state index in [1.54, 1.807) is 6.92 Å². The van der Waals surface area contributed by atoms with Crippen molar-refractivity contribution < 1.29 is 14.9 Å². The van der Waals surface area contributed by atoms with E-state index in [4.69, 9.17) is 4.74 Å². The van der Waals surface area contributed by atoms with Crippen molar-refractivity contribution in [1.29, 1.82) is 0 Å². The van der Waals surface area contributed by atoms with Crippen molar-refractivity contribution in [3.05, 3.63) is 17.7 Å². The maximum atomic E-state index is 9.55. The van der Waals surface area contributed by atoms with Crippen molar-refractivity contribution in [2.45, 2.75) is 45.1 Å². The molecular formula is C13H17O3. The molecule has 3 nitrogen and oxygen atoms in total. The average Bonchev–Trinajstić information content (AvgIpc) is 2.27. The molecule has 87 valence electrons. The smallest absolute Gasteiger partial charge is 0.138 e. The summed E-state index contributed by atoms with van der Waals surface area (Å²) in [6.07, 6.45) is 5.94. The zero-order chi connectivity index (χ0) is 11.5. The third-order valence-electron chi connectivity index (χ3n) is 3.08. The molecule has 1 fully saturated rings. The minimum Gasteiger partial charge on any atom is -0.507 e. The summed E-state index contributed by atoms with van der Waals surface area (Å²) in [6, 6.07) is 4.02. The van der Waals surface area contributed by atoms with E-state index < -0.39 is 0 Å². The normalized spacial score (nSPS) is 17.3. The lowest BCUT2D eigenvalue weighted by Crippen LogP contribution is -2.20. The first-order valence-electron chi connectivity index (χ1n) is 5.78. The maximum Gasteiger partial charge on any atom is 0.138 e. The van der Waals surface area contributed by atoms with Gasteiger partial charge in [-0.3, -0.25) is 0 Å². The number of phenolic OH excluding ortho intramolecular Hbond substituents is 2. The van der Waals surface area contributed by atoms with Gasteiger partial charge in [-0.15, -0.1) is 0 Å². The van der Waals surface area contributed by atoms with Crippen LogP contribution in [0.25, 0.3) is 0 Å². The number of aromatic hydroxyl groups is 2. The number of rotatable bonds is 2. The van der Waals surface area contributed by atoms with E-state index in [2.05, 4.69) is 6.07 Å². The predicted octanol–water partition coefficient (Wildman–Crippen LogP) is 2.92. The Hall–Kier alpha value is -1.38. The zero-order valence-corrected chi connectivity index (χ0v) is 9.49. The number of phenols is 2. The lowest BCUT2D eigenvalue weighted by Gasteiger charge is -2.23. The van der Waals surface area contributed by atoms with Crippen molar-refractivity contribution >= 4 is 0 Å². The molecule has 1 aromatic rings. The first kappa shape index (κ1) is 11.1. The monoisotopic (exact) mass is 221 g/mol. The molecule has 1 aliphatic carbocycles. The van der Waals surface area contributed by atoms with Gasteiger partial charge in [0.25, 0.3) is 0 Å². The van der Waals surface area contributed by atoms with E-state index in [0.717, 1.165) is 12.8 Å². The summed E-state index contributed by atoms with van der Waals surface area (Å²) in [5.74, 6) is 0.459. The molecular weight excluding hydrogens is 204 g/mol. The first-order chi connectivity index (χ1) is 7.66. The Bertz CT molecular complexity index is 368. The van der Waals surface area contributed by atoms with Crippen LogP contribution >= 0.6 is 0 Å². The van der Waals surface area contributed by atoms with Crippen LogP contribution in [0.15, 0.2) is 6.07 Å². The first-order valence-corrected chi connectivity index (χ1v) is 5.78. The molecule has 0 heterocycles. The van der Waals surface area contributed by atoms with Crippen molar-refractivity contribution in [1.82, 2.24) is 0 Å². The van der Waals surface area contributed by atoms with Crippen molar-refractivity contribution in [2.75, 3.05) is 0 Å². The quantitative estimate of drug-likeness (QED) is 0.807. The highest BCUT2D eigenvalue weighted by Crippen LogP contribution is 2.33. The van der Waals surface area contributed by atoms with E-state index in [0.29, 0.717) is 11.3 Å². The van der Waals surface area contributed by atoms with Crippen molar-refractivity contribution in [3.8, 4) is 17.2 Å². The molecule has 1 radical (unpaired) electrons. The van der Waals surface area contributed by atoms with E-state index in [1.807, 2.05) is 0 Å². The SMILES string of the molecule is Cc1c(OC2CCCCC2)[c]c(O)cc1O. The van der Waals surface area contributed by atoms with E-state index in [1.165, 1.54) is 25.3 Å². The second-order valence-corrected chi connectivity index (χ2v) is 4.37. The zero-order valence-electron chi connectivity index (χ0n) is 9.49. The largest absolute Gasteiger partial charge is 0.507 e. The Labute approximate surface area is 95.7 Å². The molecule has 1 aromatic carbocycles. The fourth-order valence-electron chi connectivity index (χ4n) is 2.07. The molecule has 0 bridgehead atoms. The molecule has 3 heteroatoms. The minimum absolute atomic E-state index is 0.0575. The van der Waals surface area contributed by atoms with Gasteiger partial charge < -0.3 is 14.9 Å². The Morgan fingerprint density at radius 3 is 2.62 bits per heavy atom. The molecule has 0 amide bonds. The van der Waals surface area contributed by atoms with Gasteiger partial charge in [0.05, 0.1) is 12.2 Å². The second-order valence-electron chi connectivity index (χ2n) is 4.37. The van der Waals surface area contributed by atoms with Crippen LogP contribution < -0.4 is 4.74 Å². The van der Waals surface area contributed by atoms with E-state index in [9.17, 15) is 10.2 Å². The van der Waals surface area contributed by atoms with Crippen LogP contribution in [0.4, 0.5) is 0 Å². The highest BCUT2D eigenvalue weighted by Gasteiger charge is 2.17. The molecule has 2 rings (SSSR count). The van der Waals surface area contributed by atoms with Gasteiger partial charge in [-0.25, -0.2) is 0 Å². The number of benzene rings is 1. The van der Waals surface area contributed by atoms with Crippen LogP contribution in [0.1, 0.15) is 37.7 Å². The summed E-state index contributed by atoms with van der Waals surface area (Å²) < 4.78 is 5.77. The van der Waals surface area contributed by atoms with Gasteiger partial charge in [0.15, 0.2) is 0 Å². The minimum atomic E-state index is -0.0751. The highest BCUT2D eigenvalue weighted by molar-refractivity contribution is 5.47. The Balaban J connectivity index is 2.13. The van der Waals surface area contributed by atoms with Gasteiger partial charge in [0, 0.05) is 11.6 Å². The molecule has 0 unspecified atom stereocenters. The molecule has 0 atom stereocenters. The summed E-state index contributed by atoms with van der Waals surface area (Å²) in [5.41, 5.74) is 0.642. The third kappa shape index (κ3) is 2.40. The Morgan fingerprint density at radius 2 is 1.94 bits per heavy atom. The number of ether oxygens (including phenoxy) is 1. The highest BCUT2D eigenvalue weighted by atomic mass is 16.5. The average molecular weight is 221 g/mol. The second kappa shape index (κ2) is 4.64. The Morgan fingerprint density at radius 1 is 1.25 bits per heavy atom. The van der Waals surface area contributed by atoms with Crippen LogP contribution in [0.5, 0.6) is 17.2 Å². The molecule has 2 N–H and O–H groups in total. The topological polar surface area (TPSA) is 49.7 Å². The standard InChI is InChI=1S/C13H17O3/c1-9-12(15)7-10(14)8-13(9)16-11-5-3-2-4-6-11/h7,11,14-15H,2-6H2,1H3. The van der Waals surface area contributed by atoms with Crippen LogP contribution in [-0.4, -0.2) is 16.3 Å². The van der Waals surface area contributed by atoms with Crippen LogP contribution in [-0.2, 0) is 0 Å². The van der Waals surface area contributed by atoms with Crippen molar-refractivity contribution in [3.63, 3.8) is 0 Å². The lowest BCUT2D eigenvalue weighted by molar-refractivity contribution is 0.152. The van der Waals surface area contributed by atoms with Gasteiger partial charge in [0.2, 0.25) is 0 Å². The molecule has 0 saturated heterocycles.